The van der Waals surface area contributed by atoms with E-state index in [4.69, 9.17) is 4.52 Å². The molecule has 1 aromatic rings. The molecular weight excluding hydrogens is 138 g/mol. The van der Waals surface area contributed by atoms with E-state index in [2.05, 4.69) is 12.1 Å². The van der Waals surface area contributed by atoms with Gasteiger partial charge in [0.25, 0.3) is 0 Å². The summed E-state index contributed by atoms with van der Waals surface area (Å²) >= 11 is 0. The van der Waals surface area contributed by atoms with Gasteiger partial charge in [0.1, 0.15) is 5.76 Å². The zero-order valence-corrected chi connectivity index (χ0v) is 7.48. The molecule has 0 amide bonds. The fourth-order valence-electron chi connectivity index (χ4n) is 1.21. The van der Waals surface area contributed by atoms with Gasteiger partial charge in [0.15, 0.2) is 0 Å². The molecule has 0 spiro atoms. The van der Waals surface area contributed by atoms with E-state index in [0.29, 0.717) is 0 Å². The predicted molar refractivity (Wildman–Crippen MR) is 44.6 cm³/mol. The van der Waals surface area contributed by atoms with Crippen LogP contribution in [0.25, 0.3) is 0 Å². The van der Waals surface area contributed by atoms with Crippen molar-refractivity contribution in [1.29, 1.82) is 0 Å². The lowest BCUT2D eigenvalue weighted by atomic mass is 10.1. The van der Waals surface area contributed by atoms with Gasteiger partial charge in [-0.3, -0.25) is 0 Å². The average molecular weight is 153 g/mol. The third-order valence-corrected chi connectivity index (χ3v) is 1.96. The largest absolute Gasteiger partial charge is 0.361 e. The van der Waals surface area contributed by atoms with Crippen molar-refractivity contribution >= 4 is 0 Å². The molecule has 0 bridgehead atoms. The monoisotopic (exact) mass is 153 g/mol. The highest BCUT2D eigenvalue weighted by atomic mass is 16.5. The van der Waals surface area contributed by atoms with Gasteiger partial charge in [-0.25, -0.2) is 0 Å². The molecule has 0 N–H and O–H groups in total. The Balaban J connectivity index is 2.67. The molecule has 0 radical (unpaired) electrons. The van der Waals surface area contributed by atoms with Crippen molar-refractivity contribution < 1.29 is 4.52 Å². The summed E-state index contributed by atoms with van der Waals surface area (Å²) in [6, 6.07) is 0. The van der Waals surface area contributed by atoms with Crippen LogP contribution in [-0.2, 0) is 6.42 Å². The van der Waals surface area contributed by atoms with E-state index in [0.717, 1.165) is 17.9 Å². The number of unbranched alkanes of at least 4 members (excludes halogenated alkanes) is 1. The van der Waals surface area contributed by atoms with Crippen LogP contribution in [0.3, 0.4) is 0 Å². The molecule has 1 rings (SSSR count). The molecule has 0 saturated heterocycles. The van der Waals surface area contributed by atoms with Crippen LogP contribution in [0.2, 0.25) is 0 Å². The van der Waals surface area contributed by atoms with Crippen molar-refractivity contribution in [3.05, 3.63) is 17.0 Å². The second-order valence-electron chi connectivity index (χ2n) is 2.91. The molecule has 0 aliphatic heterocycles. The van der Waals surface area contributed by atoms with Crippen molar-refractivity contribution in [3.63, 3.8) is 0 Å². The fraction of sp³-hybridized carbons (Fsp3) is 0.667. The van der Waals surface area contributed by atoms with Crippen LogP contribution < -0.4 is 0 Å². The van der Waals surface area contributed by atoms with Crippen LogP contribution in [0.5, 0.6) is 0 Å². The van der Waals surface area contributed by atoms with Gasteiger partial charge in [0, 0.05) is 5.56 Å². The lowest BCUT2D eigenvalue weighted by Crippen LogP contribution is -1.87. The van der Waals surface area contributed by atoms with E-state index in [9.17, 15) is 0 Å². The van der Waals surface area contributed by atoms with Crippen molar-refractivity contribution in [1.82, 2.24) is 5.16 Å². The van der Waals surface area contributed by atoms with Crippen LogP contribution in [0.15, 0.2) is 4.52 Å². The van der Waals surface area contributed by atoms with E-state index < -0.39 is 0 Å². The molecule has 11 heavy (non-hydrogen) atoms. The number of hydrogen-bond acceptors (Lipinski definition) is 2. The Morgan fingerprint density at radius 1 is 1.36 bits per heavy atom. The summed E-state index contributed by atoms with van der Waals surface area (Å²) < 4.78 is 5.04. The molecule has 0 aromatic carbocycles. The summed E-state index contributed by atoms with van der Waals surface area (Å²) in [6.07, 6.45) is 3.56. The summed E-state index contributed by atoms with van der Waals surface area (Å²) in [5, 5.41) is 3.89. The third-order valence-electron chi connectivity index (χ3n) is 1.96. The Bertz CT molecular complexity index is 208. The first-order chi connectivity index (χ1) is 5.25. The van der Waals surface area contributed by atoms with Gasteiger partial charge in [0.05, 0.1) is 5.69 Å². The Kier molecular flexibility index (Phi) is 2.69. The zero-order chi connectivity index (χ0) is 8.27. The maximum atomic E-state index is 5.04. The van der Waals surface area contributed by atoms with Crippen LogP contribution in [0.4, 0.5) is 0 Å². The van der Waals surface area contributed by atoms with E-state index in [1.54, 1.807) is 0 Å². The maximum Gasteiger partial charge on any atom is 0.137 e. The first-order valence-corrected chi connectivity index (χ1v) is 4.17. The van der Waals surface area contributed by atoms with Crippen molar-refractivity contribution in [2.75, 3.05) is 0 Å². The van der Waals surface area contributed by atoms with Crippen LogP contribution >= 0.6 is 0 Å². The Labute approximate surface area is 67.6 Å². The highest BCUT2D eigenvalue weighted by molar-refractivity contribution is 5.20. The molecule has 0 unspecified atom stereocenters. The fourth-order valence-corrected chi connectivity index (χ4v) is 1.21. The first kappa shape index (κ1) is 8.31. The SMILES string of the molecule is CCCCc1c(C)noc1C. The number of nitrogens with zero attached hydrogens (tertiary/aromatic N) is 1. The second-order valence-corrected chi connectivity index (χ2v) is 2.91. The lowest BCUT2D eigenvalue weighted by Gasteiger charge is -1.95. The predicted octanol–water partition coefficient (Wildman–Crippen LogP) is 2.63. The smallest absolute Gasteiger partial charge is 0.137 e. The normalized spacial score (nSPS) is 10.5. The summed E-state index contributed by atoms with van der Waals surface area (Å²) in [6.45, 7) is 6.17. The molecule has 2 nitrogen and oxygen atoms in total. The quantitative estimate of drug-likeness (QED) is 0.667. The molecule has 2 heteroatoms. The standard InChI is InChI=1S/C9H15NO/c1-4-5-6-9-7(2)10-11-8(9)3/h4-6H2,1-3H3. The second kappa shape index (κ2) is 3.56. The summed E-state index contributed by atoms with van der Waals surface area (Å²) in [4.78, 5) is 0. The van der Waals surface area contributed by atoms with E-state index in [1.165, 1.54) is 18.4 Å². The highest BCUT2D eigenvalue weighted by Crippen LogP contribution is 2.14. The average Bonchev–Trinajstić information content (AvgIpc) is 2.29. The van der Waals surface area contributed by atoms with Gasteiger partial charge in [-0.15, -0.1) is 0 Å². The molecule has 1 aromatic heterocycles. The van der Waals surface area contributed by atoms with Crippen LogP contribution in [-0.4, -0.2) is 5.16 Å². The van der Waals surface area contributed by atoms with E-state index >= 15 is 0 Å². The van der Waals surface area contributed by atoms with E-state index in [1.807, 2.05) is 13.8 Å². The minimum Gasteiger partial charge on any atom is -0.361 e. The Morgan fingerprint density at radius 3 is 2.55 bits per heavy atom. The highest BCUT2D eigenvalue weighted by Gasteiger charge is 2.06. The molecule has 0 atom stereocenters. The topological polar surface area (TPSA) is 26.0 Å². The van der Waals surface area contributed by atoms with Crippen molar-refractivity contribution in [2.45, 2.75) is 40.0 Å². The molecular formula is C9H15NO. The number of aryl methyl sites for hydroxylation is 2. The minimum absolute atomic E-state index is 0.982. The maximum absolute atomic E-state index is 5.04. The summed E-state index contributed by atoms with van der Waals surface area (Å²) in [5.41, 5.74) is 2.35. The van der Waals surface area contributed by atoms with Gasteiger partial charge in [-0.2, -0.15) is 0 Å². The molecule has 62 valence electrons. The summed E-state index contributed by atoms with van der Waals surface area (Å²) in [7, 11) is 0. The number of hydrogen-bond donors (Lipinski definition) is 0. The van der Waals surface area contributed by atoms with Gasteiger partial charge in [0.2, 0.25) is 0 Å². The van der Waals surface area contributed by atoms with E-state index in [-0.39, 0.29) is 0 Å². The van der Waals surface area contributed by atoms with Crippen molar-refractivity contribution in [3.8, 4) is 0 Å². The molecule has 0 saturated carbocycles. The third kappa shape index (κ3) is 1.82. The zero-order valence-electron chi connectivity index (χ0n) is 7.48. The van der Waals surface area contributed by atoms with Crippen LogP contribution in [0.1, 0.15) is 36.8 Å². The van der Waals surface area contributed by atoms with Gasteiger partial charge < -0.3 is 4.52 Å². The molecule has 0 aliphatic carbocycles. The first-order valence-electron chi connectivity index (χ1n) is 4.17. The van der Waals surface area contributed by atoms with Crippen LogP contribution in [0, 0.1) is 13.8 Å². The Hall–Kier alpha value is -0.790. The van der Waals surface area contributed by atoms with Gasteiger partial charge in [-0.1, -0.05) is 18.5 Å². The Morgan fingerprint density at radius 2 is 2.09 bits per heavy atom. The van der Waals surface area contributed by atoms with Gasteiger partial charge in [-0.05, 0) is 26.7 Å². The summed E-state index contributed by atoms with van der Waals surface area (Å²) in [5.74, 6) is 0.982. The number of rotatable bonds is 3. The number of aromatic nitrogens is 1. The minimum atomic E-state index is 0.982. The van der Waals surface area contributed by atoms with Crippen molar-refractivity contribution in [2.24, 2.45) is 0 Å². The lowest BCUT2D eigenvalue weighted by molar-refractivity contribution is 0.392. The van der Waals surface area contributed by atoms with Gasteiger partial charge >= 0.3 is 0 Å². The molecule has 1 heterocycles. The molecule has 0 aliphatic rings. The molecule has 0 fully saturated rings.